The molecule has 0 N–H and O–H groups in total. The zero-order valence-corrected chi connectivity index (χ0v) is 9.21. The molecule has 0 spiro atoms. The van der Waals surface area contributed by atoms with Crippen molar-refractivity contribution in [1.82, 2.24) is 0 Å². The van der Waals surface area contributed by atoms with Gasteiger partial charge in [-0.1, -0.05) is 0 Å². The quantitative estimate of drug-likeness (QED) is 0.434. The van der Waals surface area contributed by atoms with E-state index in [1.54, 1.807) is 5.02 Å². The summed E-state index contributed by atoms with van der Waals surface area (Å²) in [4.78, 5) is 0. The van der Waals surface area contributed by atoms with Crippen molar-refractivity contribution in [1.29, 1.82) is 0 Å². The molecule has 0 atom stereocenters. The van der Waals surface area contributed by atoms with Crippen LogP contribution in [0.5, 0.6) is 0 Å². The van der Waals surface area contributed by atoms with E-state index in [1.807, 2.05) is 0 Å². The predicted octanol–water partition coefficient (Wildman–Crippen LogP) is 3.12. The number of rotatable bonds is 5. The Morgan fingerprint density at radius 1 is 1.12 bits per heavy atom. The SMILES string of the molecule is CCCCC[CH2][Zn][CH3]. The number of hydrogen-bond acceptors (Lipinski definition) is 0. The van der Waals surface area contributed by atoms with Crippen LogP contribution in [0.4, 0.5) is 0 Å². The molecule has 0 aromatic rings. The molecule has 0 saturated heterocycles. The molecule has 0 bridgehead atoms. The third-order valence-corrected chi connectivity index (χ3v) is 3.99. The second-order valence-corrected chi connectivity index (χ2v) is 6.00. The van der Waals surface area contributed by atoms with Gasteiger partial charge in [0, 0.05) is 0 Å². The Bertz CT molecular complexity index is 29.4. The van der Waals surface area contributed by atoms with Gasteiger partial charge in [-0.25, -0.2) is 0 Å². The summed E-state index contributed by atoms with van der Waals surface area (Å²) in [7, 11) is 0. The summed E-state index contributed by atoms with van der Waals surface area (Å²) in [5.41, 5.74) is 2.44. The van der Waals surface area contributed by atoms with Crippen LogP contribution in [0.3, 0.4) is 0 Å². The molecule has 46 valence electrons. The van der Waals surface area contributed by atoms with Crippen molar-refractivity contribution in [3.8, 4) is 0 Å². The fourth-order valence-electron chi connectivity index (χ4n) is 0.854. The van der Waals surface area contributed by atoms with Crippen molar-refractivity contribution >= 4 is 0 Å². The first-order valence-electron chi connectivity index (χ1n) is 3.91. The van der Waals surface area contributed by atoms with Gasteiger partial charge >= 0.3 is 60.3 Å². The van der Waals surface area contributed by atoms with Gasteiger partial charge in [-0.3, -0.25) is 0 Å². The third-order valence-electron chi connectivity index (χ3n) is 1.46. The Labute approximate surface area is 60.6 Å². The van der Waals surface area contributed by atoms with E-state index in [9.17, 15) is 0 Å². The average molecular weight is 166 g/mol. The van der Waals surface area contributed by atoms with E-state index >= 15 is 0 Å². The maximum atomic E-state index is 2.44. The molecule has 0 nitrogen and oxygen atoms in total. The normalized spacial score (nSPS) is 8.75. The Kier molecular flexibility index (Phi) is 8.22. The van der Waals surface area contributed by atoms with Crippen LogP contribution >= 0.6 is 0 Å². The summed E-state index contributed by atoms with van der Waals surface area (Å²) in [5, 5.41) is 1.62. The molecule has 0 aliphatic heterocycles. The molecule has 1 heteroatoms. The molecule has 0 aromatic carbocycles. The molecule has 0 rings (SSSR count). The second-order valence-electron chi connectivity index (χ2n) is 2.41. The predicted molar refractivity (Wildman–Crippen MR) is 34.8 cm³/mol. The zero-order chi connectivity index (χ0) is 6.24. The molecular formula is C7H16Zn. The van der Waals surface area contributed by atoms with E-state index in [-0.39, 0.29) is 17.1 Å². The van der Waals surface area contributed by atoms with Gasteiger partial charge in [0.1, 0.15) is 0 Å². The summed E-state index contributed by atoms with van der Waals surface area (Å²) in [6.07, 6.45) is 5.87. The van der Waals surface area contributed by atoms with Crippen LogP contribution in [0.1, 0.15) is 32.6 Å². The van der Waals surface area contributed by atoms with Gasteiger partial charge in [0.15, 0.2) is 0 Å². The fourth-order valence-corrected chi connectivity index (χ4v) is 2.64. The monoisotopic (exact) mass is 164 g/mol. The van der Waals surface area contributed by atoms with Crippen molar-refractivity contribution in [2.24, 2.45) is 0 Å². The molecule has 0 amide bonds. The average Bonchev–Trinajstić information content (AvgIpc) is 1.81. The Morgan fingerprint density at radius 2 is 1.88 bits per heavy atom. The molecule has 0 radical (unpaired) electrons. The summed E-state index contributed by atoms with van der Waals surface area (Å²) >= 11 is 0.0434. The first kappa shape index (κ1) is 8.62. The van der Waals surface area contributed by atoms with Crippen LogP contribution in [0.25, 0.3) is 0 Å². The van der Waals surface area contributed by atoms with E-state index in [0.29, 0.717) is 0 Å². The second kappa shape index (κ2) is 7.62. The van der Waals surface area contributed by atoms with Gasteiger partial charge in [0.2, 0.25) is 0 Å². The fraction of sp³-hybridized carbons (Fsp3) is 1.00. The first-order valence-corrected chi connectivity index (χ1v) is 8.98. The van der Waals surface area contributed by atoms with Gasteiger partial charge in [0.05, 0.1) is 0 Å². The van der Waals surface area contributed by atoms with Gasteiger partial charge in [-0.15, -0.1) is 0 Å². The minimum absolute atomic E-state index is 0.0434. The van der Waals surface area contributed by atoms with Gasteiger partial charge < -0.3 is 0 Å². The zero-order valence-electron chi connectivity index (χ0n) is 6.24. The summed E-state index contributed by atoms with van der Waals surface area (Å²) in [6, 6.07) is 0. The van der Waals surface area contributed by atoms with E-state index in [4.69, 9.17) is 0 Å². The maximum absolute atomic E-state index is 2.44. The summed E-state index contributed by atoms with van der Waals surface area (Å²) in [5.74, 6) is 0. The molecule has 0 saturated carbocycles. The van der Waals surface area contributed by atoms with E-state index < -0.39 is 0 Å². The van der Waals surface area contributed by atoms with E-state index in [2.05, 4.69) is 12.4 Å². The Hall–Kier alpha value is 0.623. The van der Waals surface area contributed by atoms with Crippen molar-refractivity contribution in [2.45, 2.75) is 43.1 Å². The Morgan fingerprint density at radius 3 is 2.38 bits per heavy atom. The topological polar surface area (TPSA) is 0 Å². The molecular weight excluding hydrogens is 149 g/mol. The molecule has 0 heterocycles. The van der Waals surface area contributed by atoms with Crippen LogP contribution in [0, 0.1) is 0 Å². The standard InChI is InChI=1S/C6H13.CH3.Zn/c1-3-5-6-4-2;;/h1,3-6H2,2H3;1H3;. The molecule has 0 fully saturated rings. The number of hydrogen-bond donors (Lipinski definition) is 0. The minimum atomic E-state index is 0.0434. The van der Waals surface area contributed by atoms with Gasteiger partial charge in [-0.2, -0.15) is 0 Å². The molecule has 0 unspecified atom stereocenters. The number of unbranched alkanes of at least 4 members (excludes halogenated alkanes) is 3. The van der Waals surface area contributed by atoms with Crippen molar-refractivity contribution in [2.75, 3.05) is 0 Å². The summed E-state index contributed by atoms with van der Waals surface area (Å²) in [6.45, 7) is 2.27. The molecule has 0 aromatic heterocycles. The van der Waals surface area contributed by atoms with Crippen molar-refractivity contribution in [3.05, 3.63) is 0 Å². The van der Waals surface area contributed by atoms with Crippen molar-refractivity contribution in [3.63, 3.8) is 0 Å². The first-order chi connectivity index (χ1) is 3.91. The molecule has 0 aliphatic rings. The van der Waals surface area contributed by atoms with Gasteiger partial charge in [0.25, 0.3) is 0 Å². The summed E-state index contributed by atoms with van der Waals surface area (Å²) < 4.78 is 0. The van der Waals surface area contributed by atoms with Crippen LogP contribution < -0.4 is 0 Å². The van der Waals surface area contributed by atoms with E-state index in [1.165, 1.54) is 25.7 Å². The molecule has 8 heavy (non-hydrogen) atoms. The molecule has 0 aliphatic carbocycles. The van der Waals surface area contributed by atoms with Crippen molar-refractivity contribution < 1.29 is 17.1 Å². The van der Waals surface area contributed by atoms with Crippen LogP contribution in [0.15, 0.2) is 0 Å². The third kappa shape index (κ3) is 6.62. The van der Waals surface area contributed by atoms with Crippen LogP contribution in [-0.4, -0.2) is 0 Å². The van der Waals surface area contributed by atoms with Crippen LogP contribution in [0.2, 0.25) is 10.5 Å². The van der Waals surface area contributed by atoms with Gasteiger partial charge in [-0.05, 0) is 0 Å². The van der Waals surface area contributed by atoms with E-state index in [0.717, 1.165) is 0 Å². The Balaban J connectivity index is 2.53. The van der Waals surface area contributed by atoms with Crippen LogP contribution in [-0.2, 0) is 17.1 Å².